The molecule has 2 aromatic carbocycles. The second-order valence-corrected chi connectivity index (χ2v) is 6.11. The highest BCUT2D eigenvalue weighted by atomic mass is 16.1. The number of rotatable bonds is 4. The molecule has 4 aromatic rings. The van der Waals surface area contributed by atoms with Crippen molar-refractivity contribution in [2.45, 2.75) is 13.8 Å². The normalized spacial score (nSPS) is 10.8. The highest BCUT2D eigenvalue weighted by Crippen LogP contribution is 2.27. The lowest BCUT2D eigenvalue weighted by Gasteiger charge is -2.10. The van der Waals surface area contributed by atoms with Gasteiger partial charge >= 0.3 is 0 Å². The van der Waals surface area contributed by atoms with Gasteiger partial charge in [0.2, 0.25) is 0 Å². The van der Waals surface area contributed by atoms with Gasteiger partial charge in [0.25, 0.3) is 0 Å². The maximum atomic E-state index is 11.7. The van der Waals surface area contributed by atoms with Gasteiger partial charge in [-0.3, -0.25) is 9.89 Å². The summed E-state index contributed by atoms with van der Waals surface area (Å²) in [5.74, 6) is 1.93. The quantitative estimate of drug-likeness (QED) is 0.541. The van der Waals surface area contributed by atoms with E-state index in [4.69, 9.17) is 0 Å². The Bertz CT molecular complexity index is 1120. The third-order valence-electron chi connectivity index (χ3n) is 4.08. The highest BCUT2D eigenvalue weighted by Gasteiger charge is 2.11. The van der Waals surface area contributed by atoms with Gasteiger partial charge in [-0.05, 0) is 32.0 Å². The first-order chi connectivity index (χ1) is 12.6. The minimum absolute atomic E-state index is 0.0120. The zero-order valence-corrected chi connectivity index (χ0v) is 14.4. The zero-order chi connectivity index (χ0) is 18.1. The van der Waals surface area contributed by atoms with Crippen LogP contribution in [0.1, 0.15) is 23.0 Å². The second-order valence-electron chi connectivity index (χ2n) is 6.11. The molecule has 6 heteroatoms. The average Bonchev–Trinajstić information content (AvgIpc) is 3.06. The summed E-state index contributed by atoms with van der Waals surface area (Å²) in [6.45, 7) is 3.49. The van der Waals surface area contributed by atoms with Gasteiger partial charge in [0, 0.05) is 28.3 Å². The van der Waals surface area contributed by atoms with Gasteiger partial charge in [0.05, 0.1) is 5.52 Å². The number of carbonyl (C=O) groups excluding carboxylic acids is 1. The van der Waals surface area contributed by atoms with E-state index in [1.807, 2.05) is 55.5 Å². The lowest BCUT2D eigenvalue weighted by atomic mass is 10.1. The van der Waals surface area contributed by atoms with Gasteiger partial charge in [-0.25, -0.2) is 9.97 Å². The Morgan fingerprint density at radius 1 is 1.04 bits per heavy atom. The number of benzene rings is 2. The van der Waals surface area contributed by atoms with Crippen LogP contribution in [-0.2, 0) is 0 Å². The van der Waals surface area contributed by atoms with Crippen molar-refractivity contribution in [2.75, 3.05) is 5.32 Å². The summed E-state index contributed by atoms with van der Waals surface area (Å²) in [5.41, 5.74) is 3.21. The number of anilines is 2. The Kier molecular flexibility index (Phi) is 3.93. The number of nitrogens with one attached hydrogen (secondary N) is 2. The van der Waals surface area contributed by atoms with E-state index in [0.29, 0.717) is 23.0 Å². The molecule has 0 bridgehead atoms. The monoisotopic (exact) mass is 343 g/mol. The van der Waals surface area contributed by atoms with Crippen molar-refractivity contribution in [1.82, 2.24) is 20.2 Å². The number of Topliss-reactive ketones (excluding diaryl/α,β-unsaturated/α-hetero) is 1. The largest absolute Gasteiger partial charge is 0.323 e. The minimum Gasteiger partial charge on any atom is -0.323 e. The van der Waals surface area contributed by atoms with Crippen molar-refractivity contribution in [3.05, 3.63) is 65.9 Å². The van der Waals surface area contributed by atoms with Crippen LogP contribution in [0.4, 0.5) is 11.6 Å². The van der Waals surface area contributed by atoms with E-state index in [-0.39, 0.29) is 5.78 Å². The number of H-pyrrole nitrogens is 1. The highest BCUT2D eigenvalue weighted by molar-refractivity contribution is 5.96. The molecule has 0 atom stereocenters. The van der Waals surface area contributed by atoms with Gasteiger partial charge in [0.15, 0.2) is 17.4 Å². The molecule has 0 aliphatic carbocycles. The predicted octanol–water partition coefficient (Wildman–Crippen LogP) is 4.27. The van der Waals surface area contributed by atoms with Crippen LogP contribution in [0, 0.1) is 6.92 Å². The molecule has 6 nitrogen and oxygen atoms in total. The lowest BCUT2D eigenvalue weighted by Crippen LogP contribution is -2.00. The molecule has 0 unspecified atom stereocenters. The number of aromatic amines is 1. The summed E-state index contributed by atoms with van der Waals surface area (Å²) in [6, 6.07) is 17.0. The SMILES string of the molecule is CC(=O)c1cccc(-c2nc(Nc3cc(C)[nH]n3)c3ccccc3n2)c1. The van der Waals surface area contributed by atoms with Crippen LogP contribution in [0.3, 0.4) is 0 Å². The molecule has 4 rings (SSSR count). The van der Waals surface area contributed by atoms with E-state index in [1.54, 1.807) is 13.0 Å². The number of nitrogens with zero attached hydrogens (tertiary/aromatic N) is 3. The molecule has 0 aliphatic rings. The zero-order valence-electron chi connectivity index (χ0n) is 14.4. The Morgan fingerprint density at radius 2 is 1.88 bits per heavy atom. The minimum atomic E-state index is 0.0120. The van der Waals surface area contributed by atoms with Gasteiger partial charge < -0.3 is 5.32 Å². The van der Waals surface area contributed by atoms with Gasteiger partial charge in [-0.1, -0.05) is 30.3 Å². The first-order valence-electron chi connectivity index (χ1n) is 8.27. The first kappa shape index (κ1) is 16.0. The number of para-hydroxylation sites is 1. The molecule has 128 valence electrons. The Balaban J connectivity index is 1.86. The molecular formula is C20H17N5O. The Labute approximate surface area is 150 Å². The molecule has 2 aromatic heterocycles. The summed E-state index contributed by atoms with van der Waals surface area (Å²) in [4.78, 5) is 21.0. The van der Waals surface area contributed by atoms with E-state index in [0.717, 1.165) is 22.2 Å². The van der Waals surface area contributed by atoms with Gasteiger partial charge in [-0.15, -0.1) is 0 Å². The second kappa shape index (κ2) is 6.40. The number of aromatic nitrogens is 4. The summed E-state index contributed by atoms with van der Waals surface area (Å²) < 4.78 is 0. The standard InChI is InChI=1S/C20H17N5O/c1-12-10-18(25-24-12)22-20-16-8-3-4-9-17(16)21-19(23-20)15-7-5-6-14(11-15)13(2)26/h3-11H,1-2H3,(H2,21,22,23,24,25). The van der Waals surface area contributed by atoms with Crippen molar-refractivity contribution in [3.8, 4) is 11.4 Å². The average molecular weight is 343 g/mol. The summed E-state index contributed by atoms with van der Waals surface area (Å²) in [7, 11) is 0. The molecule has 0 radical (unpaired) electrons. The van der Waals surface area contributed by atoms with Crippen molar-refractivity contribution < 1.29 is 4.79 Å². The maximum Gasteiger partial charge on any atom is 0.162 e. The number of ketones is 1. The van der Waals surface area contributed by atoms with Crippen LogP contribution in [0.15, 0.2) is 54.6 Å². The molecule has 26 heavy (non-hydrogen) atoms. The lowest BCUT2D eigenvalue weighted by molar-refractivity contribution is 0.101. The van der Waals surface area contributed by atoms with Gasteiger partial charge in [0.1, 0.15) is 5.82 Å². The van der Waals surface area contributed by atoms with Crippen molar-refractivity contribution in [1.29, 1.82) is 0 Å². The fraction of sp³-hybridized carbons (Fsp3) is 0.100. The Hall–Kier alpha value is -3.54. The van der Waals surface area contributed by atoms with Crippen molar-refractivity contribution in [3.63, 3.8) is 0 Å². The number of hydrogen-bond acceptors (Lipinski definition) is 5. The van der Waals surface area contributed by atoms with E-state index >= 15 is 0 Å². The van der Waals surface area contributed by atoms with Gasteiger partial charge in [-0.2, -0.15) is 5.10 Å². The topological polar surface area (TPSA) is 83.6 Å². The summed E-state index contributed by atoms with van der Waals surface area (Å²) in [5, 5.41) is 11.3. The first-order valence-corrected chi connectivity index (χ1v) is 8.27. The molecule has 0 spiro atoms. The molecular weight excluding hydrogens is 326 g/mol. The summed E-state index contributed by atoms with van der Waals surface area (Å²) >= 11 is 0. The number of fused-ring (bicyclic) bond motifs is 1. The van der Waals surface area contributed by atoms with Crippen LogP contribution in [0.2, 0.25) is 0 Å². The van der Waals surface area contributed by atoms with E-state index < -0.39 is 0 Å². The molecule has 0 fully saturated rings. The van der Waals surface area contributed by atoms with Crippen molar-refractivity contribution >= 4 is 28.3 Å². The van der Waals surface area contributed by atoms with E-state index in [1.165, 1.54) is 0 Å². The van der Waals surface area contributed by atoms with Crippen LogP contribution < -0.4 is 5.32 Å². The molecule has 2 N–H and O–H groups in total. The summed E-state index contributed by atoms with van der Waals surface area (Å²) in [6.07, 6.45) is 0. The Morgan fingerprint density at radius 3 is 2.65 bits per heavy atom. The number of hydrogen-bond donors (Lipinski definition) is 2. The van der Waals surface area contributed by atoms with Crippen molar-refractivity contribution in [2.24, 2.45) is 0 Å². The fourth-order valence-electron chi connectivity index (χ4n) is 2.78. The van der Waals surface area contributed by atoms with E-state index in [9.17, 15) is 4.79 Å². The molecule has 0 aliphatic heterocycles. The van der Waals surface area contributed by atoms with Crippen LogP contribution in [0.5, 0.6) is 0 Å². The molecule has 2 heterocycles. The smallest absolute Gasteiger partial charge is 0.162 e. The van der Waals surface area contributed by atoms with Crippen LogP contribution in [0.25, 0.3) is 22.3 Å². The number of carbonyl (C=O) groups is 1. The maximum absolute atomic E-state index is 11.7. The number of aryl methyl sites for hydroxylation is 1. The third-order valence-corrected chi connectivity index (χ3v) is 4.08. The predicted molar refractivity (Wildman–Crippen MR) is 102 cm³/mol. The fourth-order valence-corrected chi connectivity index (χ4v) is 2.78. The molecule has 0 saturated carbocycles. The van der Waals surface area contributed by atoms with Crippen LogP contribution in [-0.4, -0.2) is 25.9 Å². The molecule has 0 saturated heterocycles. The third kappa shape index (κ3) is 3.04. The van der Waals surface area contributed by atoms with Crippen LogP contribution >= 0.6 is 0 Å². The molecule has 0 amide bonds. The van der Waals surface area contributed by atoms with E-state index in [2.05, 4.69) is 25.5 Å².